The molecule has 1 aliphatic heterocycles. The van der Waals surface area contributed by atoms with E-state index in [9.17, 15) is 9.59 Å². The molecule has 5 N–H and O–H groups in total. The predicted molar refractivity (Wildman–Crippen MR) is 130 cm³/mol. The highest BCUT2D eigenvalue weighted by Gasteiger charge is 2.39. The molecule has 0 aromatic heterocycles. The van der Waals surface area contributed by atoms with E-state index in [-0.39, 0.29) is 17.7 Å². The first-order chi connectivity index (χ1) is 16.0. The molecule has 2 atom stereocenters. The number of hydrogen-bond acceptors (Lipinski definition) is 4. The first-order valence-corrected chi connectivity index (χ1v) is 12.2. The van der Waals surface area contributed by atoms with Gasteiger partial charge in [-0.3, -0.25) is 9.59 Å². The zero-order valence-electron chi connectivity index (χ0n) is 19.2. The van der Waals surface area contributed by atoms with Crippen LogP contribution in [0.5, 0.6) is 0 Å². The molecule has 2 aromatic carbocycles. The van der Waals surface area contributed by atoms with Crippen LogP contribution in [0.3, 0.4) is 0 Å². The van der Waals surface area contributed by atoms with Crippen LogP contribution in [-0.2, 0) is 9.59 Å². The normalized spacial score (nSPS) is 24.0. The maximum Gasteiger partial charge on any atom is 0.242 e. The summed E-state index contributed by atoms with van der Waals surface area (Å²) in [6.45, 7) is 1.23. The molecule has 0 bridgehead atoms. The molecule has 1 saturated carbocycles. The second-order valence-corrected chi connectivity index (χ2v) is 9.54. The third-order valence-corrected chi connectivity index (χ3v) is 7.26. The zero-order chi connectivity index (χ0) is 23.2. The Morgan fingerprint density at radius 1 is 0.909 bits per heavy atom. The fourth-order valence-corrected chi connectivity index (χ4v) is 5.32. The van der Waals surface area contributed by atoms with Crippen molar-refractivity contribution in [3.8, 4) is 0 Å². The fraction of sp³-hybridized carbons (Fsp3) is 0.481. The average molecular weight is 449 g/mol. The summed E-state index contributed by atoms with van der Waals surface area (Å²) < 4.78 is 0. The van der Waals surface area contributed by atoms with Crippen LogP contribution in [0.1, 0.15) is 55.6 Å². The average Bonchev–Trinajstić information content (AvgIpc) is 3.34. The Hall–Kier alpha value is -2.70. The molecule has 6 nitrogen and oxygen atoms in total. The number of amides is 2. The number of hydrogen-bond donors (Lipinski definition) is 3. The summed E-state index contributed by atoms with van der Waals surface area (Å²) in [6.07, 6.45) is 5.63. The van der Waals surface area contributed by atoms with Gasteiger partial charge in [0.25, 0.3) is 0 Å². The van der Waals surface area contributed by atoms with Gasteiger partial charge in [0.15, 0.2) is 0 Å². The van der Waals surface area contributed by atoms with Crippen molar-refractivity contribution in [3.63, 3.8) is 0 Å². The van der Waals surface area contributed by atoms with Gasteiger partial charge >= 0.3 is 0 Å². The first-order valence-electron chi connectivity index (χ1n) is 12.2. The first kappa shape index (κ1) is 23.5. The van der Waals surface area contributed by atoms with Gasteiger partial charge in [-0.25, -0.2) is 0 Å². The number of nitrogens with one attached hydrogen (secondary N) is 1. The van der Waals surface area contributed by atoms with Crippen LogP contribution in [0.4, 0.5) is 0 Å². The highest BCUT2D eigenvalue weighted by Crippen LogP contribution is 2.30. The Kier molecular flexibility index (Phi) is 7.78. The quantitative estimate of drug-likeness (QED) is 0.606. The van der Waals surface area contributed by atoms with E-state index in [1.165, 1.54) is 0 Å². The van der Waals surface area contributed by atoms with Crippen LogP contribution in [0, 0.1) is 5.92 Å². The van der Waals surface area contributed by atoms with Gasteiger partial charge in [-0.05, 0) is 55.6 Å². The number of carbonyl (C=O) groups is 2. The molecule has 1 heterocycles. The van der Waals surface area contributed by atoms with Gasteiger partial charge in [-0.1, -0.05) is 60.7 Å². The lowest BCUT2D eigenvalue weighted by molar-refractivity contribution is -0.139. The lowest BCUT2D eigenvalue weighted by Gasteiger charge is -2.31. The minimum atomic E-state index is -0.761. The summed E-state index contributed by atoms with van der Waals surface area (Å²) in [4.78, 5) is 28.3. The summed E-state index contributed by atoms with van der Waals surface area (Å²) in [5.74, 6) is -0.00866. The number of nitrogens with zero attached hydrogens (tertiary/aromatic N) is 1. The molecule has 0 radical (unpaired) electrons. The van der Waals surface area contributed by atoms with Crippen molar-refractivity contribution in [2.75, 3.05) is 13.1 Å². The minimum Gasteiger partial charge on any atom is -0.354 e. The van der Waals surface area contributed by atoms with E-state index >= 15 is 0 Å². The molecular formula is C27H36N4O2. The molecule has 176 valence electrons. The van der Waals surface area contributed by atoms with Gasteiger partial charge in [0.1, 0.15) is 6.04 Å². The van der Waals surface area contributed by atoms with Gasteiger partial charge in [0, 0.05) is 25.0 Å². The van der Waals surface area contributed by atoms with Crippen molar-refractivity contribution < 1.29 is 9.59 Å². The molecular weight excluding hydrogens is 412 g/mol. The monoisotopic (exact) mass is 448 g/mol. The SMILES string of the molecule is NC1CCC(CNC(=O)C2CCCN2C(=O)C(N)C(c2ccccc2)c2ccccc2)CC1. The number of likely N-dealkylation sites (tertiary alicyclic amines) is 1. The Morgan fingerprint density at radius 3 is 2.06 bits per heavy atom. The molecule has 6 heteroatoms. The summed E-state index contributed by atoms with van der Waals surface area (Å²) in [5.41, 5.74) is 14.6. The maximum atomic E-state index is 13.6. The van der Waals surface area contributed by atoms with Crippen molar-refractivity contribution >= 4 is 11.8 Å². The number of nitrogens with two attached hydrogens (primary N) is 2. The van der Waals surface area contributed by atoms with Gasteiger partial charge < -0.3 is 21.7 Å². The van der Waals surface area contributed by atoms with E-state index in [2.05, 4.69) is 5.32 Å². The molecule has 2 amide bonds. The molecule has 0 spiro atoms. The van der Waals surface area contributed by atoms with Gasteiger partial charge in [0.05, 0.1) is 6.04 Å². The van der Waals surface area contributed by atoms with E-state index in [0.717, 1.165) is 43.2 Å². The van der Waals surface area contributed by atoms with Crippen LogP contribution < -0.4 is 16.8 Å². The molecule has 4 rings (SSSR count). The molecule has 2 aromatic rings. The lowest BCUT2D eigenvalue weighted by Crippen LogP contribution is -2.53. The molecule has 2 aliphatic rings. The Balaban J connectivity index is 1.45. The summed E-state index contributed by atoms with van der Waals surface area (Å²) >= 11 is 0. The summed E-state index contributed by atoms with van der Waals surface area (Å²) in [5, 5.41) is 3.11. The van der Waals surface area contributed by atoms with Crippen molar-refractivity contribution in [3.05, 3.63) is 71.8 Å². The van der Waals surface area contributed by atoms with Crippen molar-refractivity contribution in [2.45, 2.75) is 62.6 Å². The minimum absolute atomic E-state index is 0.0566. The number of benzene rings is 2. The maximum absolute atomic E-state index is 13.6. The van der Waals surface area contributed by atoms with E-state index in [1.54, 1.807) is 4.90 Å². The van der Waals surface area contributed by atoms with E-state index in [1.807, 2.05) is 60.7 Å². The van der Waals surface area contributed by atoms with Gasteiger partial charge in [-0.15, -0.1) is 0 Å². The van der Waals surface area contributed by atoms with Crippen LogP contribution in [0.2, 0.25) is 0 Å². The molecule has 1 saturated heterocycles. The Labute approximate surface area is 196 Å². The predicted octanol–water partition coefficient (Wildman–Crippen LogP) is 2.77. The Bertz CT molecular complexity index is 873. The summed E-state index contributed by atoms with van der Waals surface area (Å²) in [7, 11) is 0. The highest BCUT2D eigenvalue weighted by atomic mass is 16.2. The topological polar surface area (TPSA) is 101 Å². The smallest absolute Gasteiger partial charge is 0.242 e. The standard InChI is InChI=1S/C27H36N4O2/c28-22-15-13-19(14-16-22)18-30-26(32)23-12-7-17-31(23)27(33)25(29)24(20-8-3-1-4-9-20)21-10-5-2-6-11-21/h1-6,8-11,19,22-25H,7,12-18,28-29H2,(H,30,32). The van der Waals surface area contributed by atoms with Crippen molar-refractivity contribution in [1.82, 2.24) is 10.2 Å². The van der Waals surface area contributed by atoms with Crippen molar-refractivity contribution in [2.24, 2.45) is 17.4 Å². The lowest BCUT2D eigenvalue weighted by atomic mass is 9.84. The molecule has 33 heavy (non-hydrogen) atoms. The molecule has 1 aliphatic carbocycles. The highest BCUT2D eigenvalue weighted by molar-refractivity contribution is 5.91. The van der Waals surface area contributed by atoms with Gasteiger partial charge in [0.2, 0.25) is 11.8 Å². The van der Waals surface area contributed by atoms with E-state index in [4.69, 9.17) is 11.5 Å². The van der Waals surface area contributed by atoms with Crippen LogP contribution in [-0.4, -0.2) is 47.9 Å². The van der Waals surface area contributed by atoms with E-state index < -0.39 is 12.1 Å². The number of rotatable bonds is 7. The largest absolute Gasteiger partial charge is 0.354 e. The second-order valence-electron chi connectivity index (χ2n) is 9.54. The number of carbonyl (C=O) groups excluding carboxylic acids is 2. The molecule has 2 unspecified atom stereocenters. The summed E-state index contributed by atoms with van der Waals surface area (Å²) in [6, 6.07) is 18.9. The Morgan fingerprint density at radius 2 is 1.48 bits per heavy atom. The third kappa shape index (κ3) is 5.63. The van der Waals surface area contributed by atoms with Crippen LogP contribution in [0.15, 0.2) is 60.7 Å². The van der Waals surface area contributed by atoms with Crippen LogP contribution in [0.25, 0.3) is 0 Å². The molecule has 2 fully saturated rings. The van der Waals surface area contributed by atoms with Crippen LogP contribution >= 0.6 is 0 Å². The van der Waals surface area contributed by atoms with Crippen molar-refractivity contribution in [1.29, 1.82) is 0 Å². The second kappa shape index (κ2) is 10.9. The van der Waals surface area contributed by atoms with Gasteiger partial charge in [-0.2, -0.15) is 0 Å². The third-order valence-electron chi connectivity index (χ3n) is 7.26. The fourth-order valence-electron chi connectivity index (χ4n) is 5.32. The zero-order valence-corrected chi connectivity index (χ0v) is 19.2. The van der Waals surface area contributed by atoms with E-state index in [0.29, 0.717) is 31.5 Å².